The molecule has 0 saturated carbocycles. The molecule has 2 N–H and O–H groups in total. The van der Waals surface area contributed by atoms with Gasteiger partial charge in [-0.3, -0.25) is 4.79 Å². The molecule has 2 saturated heterocycles. The fraction of sp³-hybridized carbons (Fsp3) is 0.467. The topological polar surface area (TPSA) is 85.8 Å². The summed E-state index contributed by atoms with van der Waals surface area (Å²) in [4.78, 5) is 19.9. The lowest BCUT2D eigenvalue weighted by molar-refractivity contribution is -0.134. The standard InChI is InChI=1S/C30H39N5O2/c1-3-37-27-11-7-10-26(23(2)22-31)29(27)34-18-20-35(21-19-34)30(36)28(32)25-13-16-33(17-14-25)15-12-24-8-5-4-6-9-24/h4-11,25,28H,2-3,12-21,32H2,1H3. The predicted octanol–water partition coefficient (Wildman–Crippen LogP) is 3.55. The van der Waals surface area contributed by atoms with E-state index in [4.69, 9.17) is 10.5 Å². The normalized spacial score (nSPS) is 17.8. The van der Waals surface area contributed by atoms with Crippen molar-refractivity contribution in [1.82, 2.24) is 9.80 Å². The number of hydrogen-bond acceptors (Lipinski definition) is 6. The number of piperidine rings is 1. The zero-order chi connectivity index (χ0) is 26.2. The molecule has 2 aliphatic heterocycles. The molecule has 2 aliphatic rings. The second-order valence-electron chi connectivity index (χ2n) is 9.93. The Labute approximate surface area is 221 Å². The summed E-state index contributed by atoms with van der Waals surface area (Å²) in [6, 6.07) is 18.0. The summed E-state index contributed by atoms with van der Waals surface area (Å²) in [5.74, 6) is 1.02. The van der Waals surface area contributed by atoms with E-state index in [0.29, 0.717) is 38.4 Å². The van der Waals surface area contributed by atoms with E-state index < -0.39 is 6.04 Å². The fourth-order valence-electron chi connectivity index (χ4n) is 5.45. The highest BCUT2D eigenvalue weighted by molar-refractivity contribution is 5.86. The Morgan fingerprint density at radius 1 is 1.08 bits per heavy atom. The number of anilines is 1. The Hall–Kier alpha value is -3.34. The minimum absolute atomic E-state index is 0.0575. The lowest BCUT2D eigenvalue weighted by Gasteiger charge is -2.40. The quantitative estimate of drug-likeness (QED) is 0.529. The predicted molar refractivity (Wildman–Crippen MR) is 148 cm³/mol. The Morgan fingerprint density at radius 3 is 2.43 bits per heavy atom. The van der Waals surface area contributed by atoms with E-state index in [1.165, 1.54) is 5.56 Å². The van der Waals surface area contributed by atoms with Crippen molar-refractivity contribution in [1.29, 1.82) is 5.26 Å². The molecule has 2 heterocycles. The van der Waals surface area contributed by atoms with Gasteiger partial charge in [-0.15, -0.1) is 0 Å². The van der Waals surface area contributed by atoms with E-state index in [2.05, 4.69) is 52.8 Å². The van der Waals surface area contributed by atoms with Gasteiger partial charge in [0, 0.05) is 38.3 Å². The average Bonchev–Trinajstić information content (AvgIpc) is 2.96. The third-order valence-corrected chi connectivity index (χ3v) is 7.65. The number of amides is 1. The van der Waals surface area contributed by atoms with Crippen molar-refractivity contribution in [2.75, 3.05) is 57.3 Å². The van der Waals surface area contributed by atoms with Crippen LogP contribution in [0.1, 0.15) is 30.9 Å². The van der Waals surface area contributed by atoms with Gasteiger partial charge in [-0.2, -0.15) is 5.26 Å². The fourth-order valence-corrected chi connectivity index (χ4v) is 5.45. The van der Waals surface area contributed by atoms with Crippen LogP contribution >= 0.6 is 0 Å². The van der Waals surface area contributed by atoms with Gasteiger partial charge in [0.2, 0.25) is 5.91 Å². The van der Waals surface area contributed by atoms with Gasteiger partial charge < -0.3 is 25.2 Å². The number of likely N-dealkylation sites (tertiary alicyclic amines) is 1. The number of para-hydroxylation sites is 1. The molecule has 7 heteroatoms. The lowest BCUT2D eigenvalue weighted by atomic mass is 9.88. The van der Waals surface area contributed by atoms with Crippen LogP contribution in [0.3, 0.4) is 0 Å². The molecule has 0 aromatic heterocycles. The largest absolute Gasteiger partial charge is 0.492 e. The summed E-state index contributed by atoms with van der Waals surface area (Å²) in [5, 5.41) is 9.45. The maximum atomic E-state index is 13.3. The minimum Gasteiger partial charge on any atom is -0.492 e. The van der Waals surface area contributed by atoms with Crippen molar-refractivity contribution in [2.45, 2.75) is 32.2 Å². The minimum atomic E-state index is -0.451. The number of piperazine rings is 1. The first-order valence-corrected chi connectivity index (χ1v) is 13.4. The smallest absolute Gasteiger partial charge is 0.239 e. The summed E-state index contributed by atoms with van der Waals surface area (Å²) in [7, 11) is 0. The van der Waals surface area contributed by atoms with Crippen LogP contribution in [0, 0.1) is 17.2 Å². The van der Waals surface area contributed by atoms with Crippen LogP contribution in [0.2, 0.25) is 0 Å². The second kappa shape index (κ2) is 12.8. The van der Waals surface area contributed by atoms with E-state index in [9.17, 15) is 10.1 Å². The van der Waals surface area contributed by atoms with E-state index >= 15 is 0 Å². The molecule has 4 rings (SSSR count). The monoisotopic (exact) mass is 501 g/mol. The molecule has 0 bridgehead atoms. The van der Waals surface area contributed by atoms with Gasteiger partial charge in [0.1, 0.15) is 5.75 Å². The molecule has 1 unspecified atom stereocenters. The highest BCUT2D eigenvalue weighted by Gasteiger charge is 2.33. The van der Waals surface area contributed by atoms with E-state index in [1.807, 2.05) is 30.0 Å². The van der Waals surface area contributed by atoms with Gasteiger partial charge in [0.05, 0.1) is 30.0 Å². The first-order valence-electron chi connectivity index (χ1n) is 13.4. The van der Waals surface area contributed by atoms with Crippen LogP contribution in [0.5, 0.6) is 5.75 Å². The average molecular weight is 502 g/mol. The molecule has 0 spiro atoms. The molecule has 7 nitrogen and oxygen atoms in total. The molecule has 2 fully saturated rings. The maximum absolute atomic E-state index is 13.3. The van der Waals surface area contributed by atoms with Crippen LogP contribution in [0.15, 0.2) is 55.1 Å². The summed E-state index contributed by atoms with van der Waals surface area (Å²) in [6.07, 6.45) is 2.97. The molecule has 0 radical (unpaired) electrons. The van der Waals surface area contributed by atoms with Crippen molar-refractivity contribution < 1.29 is 9.53 Å². The summed E-state index contributed by atoms with van der Waals surface area (Å²) in [5.41, 5.74) is 9.97. The molecule has 2 aromatic rings. The molecular formula is C30H39N5O2. The lowest BCUT2D eigenvalue weighted by Crippen LogP contribution is -2.56. The van der Waals surface area contributed by atoms with Gasteiger partial charge in [0.15, 0.2) is 0 Å². The highest BCUT2D eigenvalue weighted by atomic mass is 16.5. The van der Waals surface area contributed by atoms with Crippen molar-refractivity contribution >= 4 is 17.2 Å². The number of carbonyl (C=O) groups is 1. The number of benzene rings is 2. The van der Waals surface area contributed by atoms with E-state index in [1.54, 1.807) is 0 Å². The molecular weight excluding hydrogens is 462 g/mol. The van der Waals surface area contributed by atoms with Gasteiger partial charge in [-0.05, 0) is 56.8 Å². The molecule has 1 amide bonds. The van der Waals surface area contributed by atoms with Crippen LogP contribution in [-0.2, 0) is 11.2 Å². The molecule has 1 atom stereocenters. The third kappa shape index (κ3) is 6.51. The SMILES string of the molecule is C=C(C#N)c1cccc(OCC)c1N1CCN(C(=O)C(N)C2CCN(CCc3ccccc3)CC2)CC1. The Balaban J connectivity index is 1.30. The number of rotatable bonds is 9. The first-order chi connectivity index (χ1) is 18.0. The zero-order valence-corrected chi connectivity index (χ0v) is 21.9. The molecule has 196 valence electrons. The second-order valence-corrected chi connectivity index (χ2v) is 9.93. The number of nitrogens with two attached hydrogens (primary N) is 1. The number of nitriles is 1. The Kier molecular flexibility index (Phi) is 9.21. The highest BCUT2D eigenvalue weighted by Crippen LogP contribution is 2.36. The zero-order valence-electron chi connectivity index (χ0n) is 21.9. The van der Waals surface area contributed by atoms with Crippen molar-refractivity contribution in [3.8, 4) is 11.8 Å². The maximum Gasteiger partial charge on any atom is 0.239 e. The first kappa shape index (κ1) is 26.7. The van der Waals surface area contributed by atoms with Crippen molar-refractivity contribution in [3.05, 3.63) is 66.2 Å². The van der Waals surface area contributed by atoms with Crippen molar-refractivity contribution in [3.63, 3.8) is 0 Å². The van der Waals surface area contributed by atoms with E-state index in [-0.39, 0.29) is 11.8 Å². The van der Waals surface area contributed by atoms with Gasteiger partial charge in [0.25, 0.3) is 0 Å². The van der Waals surface area contributed by atoms with Crippen molar-refractivity contribution in [2.24, 2.45) is 11.7 Å². The van der Waals surface area contributed by atoms with Gasteiger partial charge >= 0.3 is 0 Å². The van der Waals surface area contributed by atoms with E-state index in [0.717, 1.165) is 55.9 Å². The van der Waals surface area contributed by atoms with Crippen LogP contribution < -0.4 is 15.4 Å². The number of hydrogen-bond donors (Lipinski definition) is 1. The molecule has 2 aromatic carbocycles. The van der Waals surface area contributed by atoms with Gasteiger partial charge in [-0.25, -0.2) is 0 Å². The Morgan fingerprint density at radius 2 is 1.78 bits per heavy atom. The molecule has 0 aliphatic carbocycles. The number of carbonyl (C=O) groups excluding carboxylic acids is 1. The van der Waals surface area contributed by atoms with Gasteiger partial charge in [-0.1, -0.05) is 49.0 Å². The Bertz CT molecular complexity index is 1100. The van der Waals surface area contributed by atoms with Crippen LogP contribution in [-0.4, -0.2) is 74.2 Å². The summed E-state index contributed by atoms with van der Waals surface area (Å²) in [6.45, 7) is 12.0. The summed E-state index contributed by atoms with van der Waals surface area (Å²) < 4.78 is 5.87. The van der Waals surface area contributed by atoms with Crippen LogP contribution in [0.4, 0.5) is 5.69 Å². The third-order valence-electron chi connectivity index (χ3n) is 7.65. The van der Waals surface area contributed by atoms with Crippen LogP contribution in [0.25, 0.3) is 5.57 Å². The number of allylic oxidation sites excluding steroid dienone is 1. The summed E-state index contributed by atoms with van der Waals surface area (Å²) >= 11 is 0. The molecule has 37 heavy (non-hydrogen) atoms. The number of nitrogens with zero attached hydrogens (tertiary/aromatic N) is 4. The number of ether oxygens (including phenoxy) is 1.